The van der Waals surface area contributed by atoms with Crippen molar-refractivity contribution >= 4 is 23.2 Å². The van der Waals surface area contributed by atoms with Crippen LogP contribution < -0.4 is 9.80 Å². The Labute approximate surface area is 176 Å². The Kier molecular flexibility index (Phi) is 5.14. The van der Waals surface area contributed by atoms with Crippen LogP contribution in [0.1, 0.15) is 23.6 Å². The van der Waals surface area contributed by atoms with Gasteiger partial charge in [0.1, 0.15) is 6.54 Å². The zero-order valence-corrected chi connectivity index (χ0v) is 17.1. The van der Waals surface area contributed by atoms with Gasteiger partial charge in [0, 0.05) is 17.8 Å². The second kappa shape index (κ2) is 7.76. The second-order valence-corrected chi connectivity index (χ2v) is 7.46. The number of nitrogens with zero attached hydrogens (tertiary/aromatic N) is 2. The Balaban J connectivity index is 1.71. The van der Waals surface area contributed by atoms with E-state index >= 15 is 0 Å². The Bertz CT molecular complexity index is 1100. The van der Waals surface area contributed by atoms with Gasteiger partial charge in [-0.2, -0.15) is 0 Å². The molecule has 1 N–H and O–H groups in total. The molecule has 1 aliphatic heterocycles. The molecule has 3 aromatic rings. The lowest BCUT2D eigenvalue weighted by atomic mass is 9.87. The van der Waals surface area contributed by atoms with Crippen LogP contribution in [-0.4, -0.2) is 30.0 Å². The third-order valence-electron chi connectivity index (χ3n) is 5.55. The fourth-order valence-electron chi connectivity index (χ4n) is 4.07. The number of carbonyl (C=O) groups is 2. The van der Waals surface area contributed by atoms with Crippen LogP contribution in [0.25, 0.3) is 0 Å². The molecule has 0 fully saturated rings. The van der Waals surface area contributed by atoms with Crippen molar-refractivity contribution in [3.8, 4) is 0 Å². The van der Waals surface area contributed by atoms with Gasteiger partial charge in [0.25, 0.3) is 5.91 Å². The summed E-state index contributed by atoms with van der Waals surface area (Å²) < 4.78 is 0. The first-order valence-electron chi connectivity index (χ1n) is 10.0. The van der Waals surface area contributed by atoms with Crippen molar-refractivity contribution in [1.29, 1.82) is 0 Å². The molecule has 5 heteroatoms. The lowest BCUT2D eigenvalue weighted by Crippen LogP contribution is -2.46. The maximum Gasteiger partial charge on any atom is 0.268 e. The van der Waals surface area contributed by atoms with Crippen molar-refractivity contribution in [2.24, 2.45) is 0 Å². The van der Waals surface area contributed by atoms with Crippen molar-refractivity contribution in [3.63, 3.8) is 0 Å². The van der Waals surface area contributed by atoms with Gasteiger partial charge < -0.3 is 10.0 Å². The Morgan fingerprint density at radius 3 is 2.40 bits per heavy atom. The highest BCUT2D eigenvalue weighted by Crippen LogP contribution is 2.44. The minimum Gasteiger partial charge on any atom is -0.372 e. The maximum atomic E-state index is 13.5. The molecule has 5 nitrogen and oxygen atoms in total. The average Bonchev–Trinajstić information content (AvgIpc) is 2.98. The van der Waals surface area contributed by atoms with Gasteiger partial charge in [0.2, 0.25) is 5.91 Å². The van der Waals surface area contributed by atoms with Crippen LogP contribution in [0.15, 0.2) is 78.9 Å². The smallest absolute Gasteiger partial charge is 0.268 e. The standard InChI is InChI=1S/C25H24N2O3/c1-3-26(20-12-5-4-6-13-20)23(28)17-27-22-15-8-7-14-21(22)25(30,24(27)29)19-11-9-10-18(2)16-19/h4-16,30H,3,17H2,1-2H3/t25-/m1/s1. The van der Waals surface area contributed by atoms with Crippen molar-refractivity contribution in [1.82, 2.24) is 0 Å². The number of anilines is 2. The number of likely N-dealkylation sites (N-methyl/N-ethyl adjacent to an activating group) is 1. The van der Waals surface area contributed by atoms with Crippen molar-refractivity contribution < 1.29 is 14.7 Å². The highest BCUT2D eigenvalue weighted by atomic mass is 16.3. The number of aliphatic hydroxyl groups is 1. The Morgan fingerprint density at radius 1 is 1.00 bits per heavy atom. The molecule has 0 radical (unpaired) electrons. The molecule has 0 aromatic heterocycles. The molecule has 3 aromatic carbocycles. The van der Waals surface area contributed by atoms with E-state index in [4.69, 9.17) is 0 Å². The molecule has 0 aliphatic carbocycles. The number of hydrogen-bond acceptors (Lipinski definition) is 3. The Morgan fingerprint density at radius 2 is 1.70 bits per heavy atom. The molecular weight excluding hydrogens is 376 g/mol. The molecule has 0 spiro atoms. The summed E-state index contributed by atoms with van der Waals surface area (Å²) in [4.78, 5) is 29.7. The van der Waals surface area contributed by atoms with Crippen molar-refractivity contribution in [2.75, 3.05) is 22.9 Å². The number of carbonyl (C=O) groups excluding carboxylic acids is 2. The van der Waals surface area contributed by atoms with E-state index in [0.717, 1.165) is 11.3 Å². The van der Waals surface area contributed by atoms with Crippen LogP contribution in [-0.2, 0) is 15.2 Å². The highest BCUT2D eigenvalue weighted by molar-refractivity contribution is 6.13. The molecule has 0 saturated heterocycles. The molecule has 152 valence electrons. The predicted octanol–water partition coefficient (Wildman–Crippen LogP) is 3.63. The van der Waals surface area contributed by atoms with Gasteiger partial charge >= 0.3 is 0 Å². The summed E-state index contributed by atoms with van der Waals surface area (Å²) in [6, 6.07) is 23.8. The molecular formula is C25H24N2O3. The lowest BCUT2D eigenvalue weighted by molar-refractivity contribution is -0.133. The van der Waals surface area contributed by atoms with E-state index in [1.165, 1.54) is 4.90 Å². The quantitative estimate of drug-likeness (QED) is 0.711. The van der Waals surface area contributed by atoms with Crippen molar-refractivity contribution in [3.05, 3.63) is 95.6 Å². The first kappa shape index (κ1) is 19.9. The number of para-hydroxylation sites is 2. The average molecular weight is 400 g/mol. The van der Waals surface area contributed by atoms with Crippen molar-refractivity contribution in [2.45, 2.75) is 19.4 Å². The zero-order valence-electron chi connectivity index (χ0n) is 17.1. The summed E-state index contributed by atoms with van der Waals surface area (Å²) in [5.74, 6) is -0.716. The maximum absolute atomic E-state index is 13.5. The van der Waals surface area contributed by atoms with Gasteiger partial charge in [0.15, 0.2) is 5.60 Å². The molecule has 0 unspecified atom stereocenters. The third-order valence-corrected chi connectivity index (χ3v) is 5.55. The van der Waals surface area contributed by atoms with Gasteiger partial charge in [-0.3, -0.25) is 14.5 Å². The topological polar surface area (TPSA) is 60.9 Å². The first-order valence-corrected chi connectivity index (χ1v) is 10.0. The van der Waals surface area contributed by atoms with Gasteiger partial charge in [-0.1, -0.05) is 66.2 Å². The number of amides is 2. The van der Waals surface area contributed by atoms with E-state index < -0.39 is 11.5 Å². The van der Waals surface area contributed by atoms with E-state index in [0.29, 0.717) is 23.4 Å². The number of hydrogen-bond donors (Lipinski definition) is 1. The van der Waals surface area contributed by atoms with E-state index in [1.807, 2.05) is 62.4 Å². The van der Waals surface area contributed by atoms with Crippen LogP contribution in [0.3, 0.4) is 0 Å². The molecule has 2 amide bonds. The van der Waals surface area contributed by atoms with Crippen LogP contribution in [0.4, 0.5) is 11.4 Å². The second-order valence-electron chi connectivity index (χ2n) is 7.46. The molecule has 1 atom stereocenters. The van der Waals surface area contributed by atoms with E-state index in [1.54, 1.807) is 35.2 Å². The van der Waals surface area contributed by atoms with Gasteiger partial charge in [-0.05, 0) is 37.6 Å². The van der Waals surface area contributed by atoms with Gasteiger partial charge in [-0.25, -0.2) is 0 Å². The number of fused-ring (bicyclic) bond motifs is 1. The molecule has 1 aliphatic rings. The summed E-state index contributed by atoms with van der Waals surface area (Å²) in [6.45, 7) is 4.15. The number of aryl methyl sites for hydroxylation is 1. The predicted molar refractivity (Wildman–Crippen MR) is 117 cm³/mol. The summed E-state index contributed by atoms with van der Waals surface area (Å²) in [7, 11) is 0. The molecule has 4 rings (SSSR count). The fourth-order valence-corrected chi connectivity index (χ4v) is 4.07. The lowest BCUT2D eigenvalue weighted by Gasteiger charge is -2.26. The monoisotopic (exact) mass is 400 g/mol. The highest BCUT2D eigenvalue weighted by Gasteiger charge is 2.51. The molecule has 1 heterocycles. The minimum absolute atomic E-state index is 0.146. The minimum atomic E-state index is -1.81. The SMILES string of the molecule is CCN(C(=O)CN1C(=O)[C@@](O)(c2cccc(C)c2)c2ccccc21)c1ccccc1. The summed E-state index contributed by atoms with van der Waals surface area (Å²) in [6.07, 6.45) is 0. The molecule has 0 bridgehead atoms. The van der Waals surface area contributed by atoms with E-state index in [-0.39, 0.29) is 12.5 Å². The summed E-state index contributed by atoms with van der Waals surface area (Å²) in [5.41, 5.74) is 1.47. The van der Waals surface area contributed by atoms with Crippen LogP contribution in [0, 0.1) is 6.92 Å². The third kappa shape index (κ3) is 3.17. The zero-order chi connectivity index (χ0) is 21.3. The number of rotatable bonds is 5. The fraction of sp³-hybridized carbons (Fsp3) is 0.200. The van der Waals surface area contributed by atoms with Crippen LogP contribution in [0.5, 0.6) is 0 Å². The number of benzene rings is 3. The summed E-state index contributed by atoms with van der Waals surface area (Å²) in [5, 5.41) is 11.6. The van der Waals surface area contributed by atoms with Crippen LogP contribution >= 0.6 is 0 Å². The van der Waals surface area contributed by atoms with E-state index in [9.17, 15) is 14.7 Å². The molecule has 30 heavy (non-hydrogen) atoms. The normalized spacial score (nSPS) is 17.7. The van der Waals surface area contributed by atoms with Crippen LogP contribution in [0.2, 0.25) is 0 Å². The largest absolute Gasteiger partial charge is 0.372 e. The summed E-state index contributed by atoms with van der Waals surface area (Å²) >= 11 is 0. The first-order chi connectivity index (χ1) is 14.5. The molecule has 0 saturated carbocycles. The van der Waals surface area contributed by atoms with E-state index in [2.05, 4.69) is 0 Å². The Hall–Kier alpha value is -3.44. The van der Waals surface area contributed by atoms with Gasteiger partial charge in [0.05, 0.1) is 5.69 Å². The van der Waals surface area contributed by atoms with Gasteiger partial charge in [-0.15, -0.1) is 0 Å².